The normalized spacial score (nSPS) is 15.1. The van der Waals surface area contributed by atoms with Gasteiger partial charge >= 0.3 is 0 Å². The zero-order valence-electron chi connectivity index (χ0n) is 23.7. The Morgan fingerprint density at radius 3 is 1.24 bits per heavy atom. The molecule has 4 nitrogen and oxygen atoms in total. The zero-order chi connectivity index (χ0) is 24.7. The summed E-state index contributed by atoms with van der Waals surface area (Å²) in [5.74, 6) is 0. The van der Waals surface area contributed by atoms with E-state index in [-0.39, 0.29) is 0 Å². The van der Waals surface area contributed by atoms with Crippen LogP contribution in [0, 0.1) is 0 Å². The van der Waals surface area contributed by atoms with Gasteiger partial charge in [-0.15, -0.1) is 0 Å². The smallest absolute Gasteiger partial charge is 0.165 e. The Balaban J connectivity index is 4.50. The van der Waals surface area contributed by atoms with E-state index in [4.69, 9.17) is 13.3 Å². The molecule has 0 fully saturated rings. The fraction of sp³-hybridized carbons (Fsp3) is 1.00. The van der Waals surface area contributed by atoms with E-state index in [1.807, 2.05) is 21.3 Å². The molecule has 0 heterocycles. The number of quaternary nitrogens is 1. The molecule has 200 valence electrons. The van der Waals surface area contributed by atoms with Gasteiger partial charge in [0.25, 0.3) is 0 Å². The van der Waals surface area contributed by atoms with E-state index in [2.05, 4.69) is 20.8 Å². The Hall–Kier alpha value is 0.491. The van der Waals surface area contributed by atoms with Crippen LogP contribution in [0.5, 0.6) is 0 Å². The summed E-state index contributed by atoms with van der Waals surface area (Å²) in [7, 11) is 4.00. The second-order valence-electron chi connectivity index (χ2n) is 10.7. The average molecular weight is 521 g/mol. The van der Waals surface area contributed by atoms with Gasteiger partial charge in [-0.05, 0) is 25.7 Å². The molecule has 0 atom stereocenters. The van der Waals surface area contributed by atoms with Crippen LogP contribution in [0.3, 0.4) is 0 Å². The van der Waals surface area contributed by atoms with E-state index in [1.165, 1.54) is 127 Å². The molecule has 0 aliphatic rings. The Morgan fingerprint density at radius 2 is 0.879 bits per heavy atom. The van der Waals surface area contributed by atoms with E-state index in [1.54, 1.807) is 0 Å². The minimum absolute atomic E-state index is 0.375. The summed E-state index contributed by atoms with van der Waals surface area (Å²) in [6, 6.07) is 0. The molecule has 0 amide bonds. The van der Waals surface area contributed by atoms with E-state index in [0.717, 1.165) is 0 Å². The van der Waals surface area contributed by atoms with Crippen LogP contribution in [0.25, 0.3) is 0 Å². The molecular weight excluding hydrogens is 459 g/mol. The van der Waals surface area contributed by atoms with Crippen molar-refractivity contribution >= 4 is 29.3 Å². The lowest BCUT2D eigenvalue weighted by Gasteiger charge is -2.42. The van der Waals surface area contributed by atoms with Crippen molar-refractivity contribution in [2.75, 3.05) is 47.5 Å². The molecule has 0 spiro atoms. The Morgan fingerprint density at radius 1 is 0.485 bits per heavy atom. The Labute approximate surface area is 215 Å². The second kappa shape index (κ2) is 22.9. The molecule has 0 unspecified atom stereocenters. The lowest BCUT2D eigenvalue weighted by Crippen LogP contribution is -2.52. The van der Waals surface area contributed by atoms with E-state index in [9.17, 15) is 0 Å². The van der Waals surface area contributed by atoms with E-state index >= 15 is 0 Å². The minimum atomic E-state index is -0.571. The van der Waals surface area contributed by atoms with Crippen molar-refractivity contribution in [3.05, 3.63) is 0 Å². The summed E-state index contributed by atoms with van der Waals surface area (Å²) in [6.07, 6.45) is 21.1. The van der Waals surface area contributed by atoms with Crippen LogP contribution in [0.15, 0.2) is 0 Å². The van der Waals surface area contributed by atoms with Crippen molar-refractivity contribution in [3.8, 4) is 0 Å². The third kappa shape index (κ3) is 16.7. The molecule has 0 saturated carbocycles. The number of nitrogens with zero attached hydrogens (tertiary/aromatic N) is 1. The van der Waals surface area contributed by atoms with Crippen molar-refractivity contribution in [2.24, 2.45) is 0 Å². The number of hydrogen-bond donors (Lipinski definition) is 0. The third-order valence-electron chi connectivity index (χ3n) is 7.35. The first kappa shape index (κ1) is 33.5. The van der Waals surface area contributed by atoms with Gasteiger partial charge in [-0.3, -0.25) is 0 Å². The maximum Gasteiger partial charge on any atom is 0.165 e. The maximum absolute atomic E-state index is 5.82. The molecule has 0 radical (unpaired) electrons. The quantitative estimate of drug-likeness (QED) is 0.0914. The van der Waals surface area contributed by atoms with Gasteiger partial charge in [0.1, 0.15) is 0 Å². The number of unbranched alkanes of at least 4 members (excludes halogenated alkanes) is 11. The van der Waals surface area contributed by atoms with Crippen molar-refractivity contribution < 1.29 is 17.8 Å². The first-order valence-corrected chi connectivity index (χ1v) is 18.2. The summed E-state index contributed by atoms with van der Waals surface area (Å²) in [4.78, 5) is 0. The SMILES string of the molecule is CCCCCCCCCCCCCC[N+](CCC)(CCC)CCC([SiH2]OC)([SiH2]OC)[SiH2]OC. The van der Waals surface area contributed by atoms with Crippen LogP contribution >= 0.6 is 0 Å². The summed E-state index contributed by atoms with van der Waals surface area (Å²) in [6.45, 7) is 12.4. The fourth-order valence-corrected chi connectivity index (χ4v) is 13.1. The van der Waals surface area contributed by atoms with Crippen LogP contribution in [0.2, 0.25) is 4.28 Å². The number of rotatable bonds is 26. The summed E-state index contributed by atoms with van der Waals surface area (Å²) in [5.41, 5.74) is 0. The van der Waals surface area contributed by atoms with Gasteiger partial charge in [-0.2, -0.15) is 0 Å². The lowest BCUT2D eigenvalue weighted by molar-refractivity contribution is -0.928. The van der Waals surface area contributed by atoms with E-state index < -0.39 is 29.3 Å². The summed E-state index contributed by atoms with van der Waals surface area (Å²) >= 11 is 0. The molecule has 7 heteroatoms. The predicted molar refractivity (Wildman–Crippen MR) is 155 cm³/mol. The molecule has 0 rings (SSSR count). The van der Waals surface area contributed by atoms with Crippen LogP contribution < -0.4 is 0 Å². The van der Waals surface area contributed by atoms with Gasteiger partial charge in [0.15, 0.2) is 29.3 Å². The van der Waals surface area contributed by atoms with Gasteiger partial charge < -0.3 is 17.8 Å². The molecule has 0 aliphatic heterocycles. The first-order chi connectivity index (χ1) is 16.1. The zero-order valence-corrected chi connectivity index (χ0v) is 28.0. The van der Waals surface area contributed by atoms with Gasteiger partial charge in [0.05, 0.1) is 26.2 Å². The minimum Gasteiger partial charge on any atom is -0.427 e. The molecule has 0 aliphatic carbocycles. The number of hydrogen-bond acceptors (Lipinski definition) is 3. The van der Waals surface area contributed by atoms with E-state index in [0.29, 0.717) is 4.28 Å². The maximum atomic E-state index is 5.82. The van der Waals surface area contributed by atoms with Crippen molar-refractivity contribution in [2.45, 2.75) is 121 Å². The molecular formula is C26H62NO3Si3+. The van der Waals surface area contributed by atoms with Crippen molar-refractivity contribution in [3.63, 3.8) is 0 Å². The molecule has 0 aromatic carbocycles. The van der Waals surface area contributed by atoms with Crippen LogP contribution in [0.1, 0.15) is 117 Å². The Bertz CT molecular complexity index is 393. The topological polar surface area (TPSA) is 27.7 Å². The van der Waals surface area contributed by atoms with Crippen molar-refractivity contribution in [1.82, 2.24) is 0 Å². The second-order valence-corrected chi connectivity index (χ2v) is 20.8. The lowest BCUT2D eigenvalue weighted by atomic mass is 10.0. The predicted octanol–water partition coefficient (Wildman–Crippen LogP) is 4.98. The summed E-state index contributed by atoms with van der Waals surface area (Å²) < 4.78 is 19.1. The van der Waals surface area contributed by atoms with Gasteiger partial charge in [-0.1, -0.05) is 85.0 Å². The standard InChI is InChI=1S/C26H62NO3Si3/c1-7-10-11-12-13-14-15-16-17-18-19-20-24-27(22-8-2,23-9-3)25-21-26(31-28-4,32-29-5)33-30-6/h7-25,31-33H2,1-6H3/q+1. The molecule has 0 aromatic heterocycles. The summed E-state index contributed by atoms with van der Waals surface area (Å²) in [5, 5.41) is 0. The molecule has 0 aromatic rings. The highest BCUT2D eigenvalue weighted by molar-refractivity contribution is 6.74. The molecule has 0 saturated heterocycles. The van der Waals surface area contributed by atoms with Crippen LogP contribution in [0.4, 0.5) is 0 Å². The van der Waals surface area contributed by atoms with Crippen LogP contribution in [-0.2, 0) is 13.3 Å². The Kier molecular flexibility index (Phi) is 23.3. The van der Waals surface area contributed by atoms with Gasteiger partial charge in [0.2, 0.25) is 0 Å². The fourth-order valence-electron chi connectivity index (χ4n) is 5.64. The molecule has 0 bridgehead atoms. The highest BCUT2D eigenvalue weighted by atomic mass is 28.4. The van der Waals surface area contributed by atoms with Gasteiger partial charge in [-0.25, -0.2) is 0 Å². The first-order valence-electron chi connectivity index (χ1n) is 14.4. The third-order valence-corrected chi connectivity index (χ3v) is 14.8. The van der Waals surface area contributed by atoms with Crippen LogP contribution in [-0.4, -0.2) is 81.3 Å². The highest BCUT2D eigenvalue weighted by Crippen LogP contribution is 2.30. The van der Waals surface area contributed by atoms with Gasteiger partial charge in [0, 0.05) is 32.0 Å². The largest absolute Gasteiger partial charge is 0.427 e. The molecule has 0 N–H and O–H groups in total. The van der Waals surface area contributed by atoms with Crippen molar-refractivity contribution in [1.29, 1.82) is 0 Å². The average Bonchev–Trinajstić information content (AvgIpc) is 2.79. The highest BCUT2D eigenvalue weighted by Gasteiger charge is 2.37. The molecule has 33 heavy (non-hydrogen) atoms. The monoisotopic (exact) mass is 520 g/mol.